The molecule has 52 heavy (non-hydrogen) atoms. The molecule has 5 heterocycles. The number of amides is 2. The monoisotopic (exact) mass is 715 g/mol. The van der Waals surface area contributed by atoms with E-state index < -0.39 is 77.9 Å². The number of benzene rings is 2. The zero-order valence-corrected chi connectivity index (χ0v) is 28.2. The Morgan fingerprint density at radius 3 is 2.15 bits per heavy atom. The molecule has 2 aliphatic heterocycles. The Morgan fingerprint density at radius 2 is 1.52 bits per heavy atom. The second kappa shape index (κ2) is 12.4. The maximum absolute atomic E-state index is 14.0. The number of rotatable bonds is 7. The summed E-state index contributed by atoms with van der Waals surface area (Å²) in [5.74, 6) is -4.49. The highest BCUT2D eigenvalue weighted by Gasteiger charge is 2.54. The van der Waals surface area contributed by atoms with Crippen LogP contribution in [-0.4, -0.2) is 98.1 Å². The number of esters is 4. The van der Waals surface area contributed by atoms with Crippen LogP contribution in [0.1, 0.15) is 54.6 Å². The number of fused-ring (bicyclic) bond motifs is 10. The van der Waals surface area contributed by atoms with Gasteiger partial charge in [-0.05, 0) is 18.2 Å². The van der Waals surface area contributed by atoms with Gasteiger partial charge >= 0.3 is 23.9 Å². The summed E-state index contributed by atoms with van der Waals surface area (Å²) in [5, 5.41) is 12.9. The fourth-order valence-electron chi connectivity index (χ4n) is 7.13. The minimum Gasteiger partial charge on any atom is -0.463 e. The van der Waals surface area contributed by atoms with Gasteiger partial charge in [0.2, 0.25) is 0 Å². The second-order valence-electron chi connectivity index (χ2n) is 12.3. The van der Waals surface area contributed by atoms with Gasteiger partial charge in [-0.2, -0.15) is 0 Å². The summed E-state index contributed by atoms with van der Waals surface area (Å²) in [7, 11) is 1.32. The molecule has 7 rings (SSSR count). The third-order valence-electron chi connectivity index (χ3n) is 9.00. The van der Waals surface area contributed by atoms with Gasteiger partial charge in [-0.3, -0.25) is 48.3 Å². The number of hydrogen-bond acceptors (Lipinski definition) is 14. The summed E-state index contributed by atoms with van der Waals surface area (Å²) < 4.78 is 30.3. The number of nitrogens with zero attached hydrogens (tertiary/aromatic N) is 4. The van der Waals surface area contributed by atoms with Crippen molar-refractivity contribution in [1.29, 1.82) is 0 Å². The molecule has 2 amide bonds. The highest BCUT2D eigenvalue weighted by Crippen LogP contribution is 2.48. The number of imide groups is 1. The molecule has 0 aliphatic carbocycles. The first-order chi connectivity index (χ1) is 24.7. The van der Waals surface area contributed by atoms with Gasteiger partial charge in [0.1, 0.15) is 18.4 Å². The molecule has 3 aromatic heterocycles. The van der Waals surface area contributed by atoms with Crippen molar-refractivity contribution >= 4 is 85.1 Å². The summed E-state index contributed by atoms with van der Waals surface area (Å²) in [5.41, 5.74) is 0.722. The van der Waals surface area contributed by atoms with Crippen LogP contribution in [0, 0.1) is 10.1 Å². The molecule has 1 fully saturated rings. The summed E-state index contributed by atoms with van der Waals surface area (Å²) in [4.78, 5) is 97.4. The maximum atomic E-state index is 14.0. The van der Waals surface area contributed by atoms with Gasteiger partial charge < -0.3 is 28.7 Å². The van der Waals surface area contributed by atoms with E-state index in [1.807, 2.05) is 0 Å². The van der Waals surface area contributed by atoms with Crippen molar-refractivity contribution in [2.45, 2.75) is 58.3 Å². The van der Waals surface area contributed by atoms with Crippen molar-refractivity contribution in [1.82, 2.24) is 19.4 Å². The molecule has 1 saturated heterocycles. The first-order valence-electron chi connectivity index (χ1n) is 15.9. The first-order valence-corrected chi connectivity index (χ1v) is 15.9. The van der Waals surface area contributed by atoms with E-state index >= 15 is 0 Å². The molecule has 0 bridgehead atoms. The van der Waals surface area contributed by atoms with Crippen LogP contribution in [0.3, 0.4) is 0 Å². The summed E-state index contributed by atoms with van der Waals surface area (Å²) in [6.45, 7) is 3.95. The fraction of sp³-hybridized carbons (Fsp3) is 0.324. The summed E-state index contributed by atoms with van der Waals surface area (Å²) >= 11 is 0. The molecule has 5 aromatic rings. The lowest BCUT2D eigenvalue weighted by Crippen LogP contribution is -2.60. The maximum Gasteiger partial charge on any atom is 0.303 e. The van der Waals surface area contributed by atoms with Crippen LogP contribution in [0.15, 0.2) is 36.5 Å². The predicted octanol–water partition coefficient (Wildman–Crippen LogP) is 3.21. The van der Waals surface area contributed by atoms with Crippen LogP contribution in [0.2, 0.25) is 0 Å². The Morgan fingerprint density at radius 1 is 0.885 bits per heavy atom. The quantitative estimate of drug-likeness (QED) is 0.0839. The number of nitro groups is 1. The Bertz CT molecular complexity index is 2430. The number of pyridine rings is 1. The van der Waals surface area contributed by atoms with E-state index in [9.17, 15) is 38.9 Å². The molecule has 268 valence electrons. The topological polar surface area (TPSA) is 229 Å². The number of H-pyrrole nitrogens is 1. The number of hydrogen-bond donors (Lipinski definition) is 1. The van der Waals surface area contributed by atoms with Crippen LogP contribution in [-0.2, 0) is 42.9 Å². The lowest BCUT2D eigenvalue weighted by Gasteiger charge is -2.45. The SMILES string of the molecule is CC(=O)OC[C@H]1O[C@@H](n2c3ncccc3c3c4c(c5c6cc([N+](=O)[O-])ccc6[nH]c5c32)C(=O)N(C)C4=O)[C@H](OC(C)=O)[C@@H](OC(C)=O)[C@@H]1OC(C)=O. The number of carbonyl (C=O) groups excluding carboxylic acids is 6. The average Bonchev–Trinajstić information content (AvgIpc) is 3.69. The minimum atomic E-state index is -1.56. The third kappa shape index (κ3) is 5.26. The number of ether oxygens (including phenoxy) is 5. The van der Waals surface area contributed by atoms with E-state index in [1.54, 1.807) is 12.1 Å². The largest absolute Gasteiger partial charge is 0.463 e. The number of aromatic amines is 1. The zero-order chi connectivity index (χ0) is 37.3. The van der Waals surface area contributed by atoms with Gasteiger partial charge in [0, 0.05) is 80.1 Å². The molecule has 0 radical (unpaired) electrons. The zero-order valence-electron chi connectivity index (χ0n) is 28.2. The predicted molar refractivity (Wildman–Crippen MR) is 177 cm³/mol. The average molecular weight is 716 g/mol. The van der Waals surface area contributed by atoms with Crippen LogP contribution < -0.4 is 0 Å². The molecule has 2 aliphatic rings. The molecule has 5 atom stereocenters. The van der Waals surface area contributed by atoms with Crippen LogP contribution in [0.25, 0.3) is 43.7 Å². The van der Waals surface area contributed by atoms with E-state index in [1.165, 1.54) is 36.0 Å². The molecule has 0 unspecified atom stereocenters. The van der Waals surface area contributed by atoms with Gasteiger partial charge in [0.15, 0.2) is 24.5 Å². The summed E-state index contributed by atoms with van der Waals surface area (Å²) in [6, 6.07) is 7.30. The second-order valence-corrected chi connectivity index (χ2v) is 12.3. The first kappa shape index (κ1) is 34.0. The molecule has 0 spiro atoms. The third-order valence-corrected chi connectivity index (χ3v) is 9.00. The molecule has 18 nitrogen and oxygen atoms in total. The van der Waals surface area contributed by atoms with Crippen molar-refractivity contribution < 1.29 is 57.4 Å². The van der Waals surface area contributed by atoms with Crippen molar-refractivity contribution in [3.63, 3.8) is 0 Å². The molecule has 18 heteroatoms. The van der Waals surface area contributed by atoms with Gasteiger partial charge in [-0.1, -0.05) is 0 Å². The van der Waals surface area contributed by atoms with Crippen molar-refractivity contribution in [3.05, 3.63) is 57.8 Å². The van der Waals surface area contributed by atoms with E-state index in [0.717, 1.165) is 32.6 Å². The van der Waals surface area contributed by atoms with E-state index in [4.69, 9.17) is 23.7 Å². The molecule has 0 saturated carbocycles. The lowest BCUT2D eigenvalue weighted by molar-refractivity contribution is -0.384. The molecular weight excluding hydrogens is 686 g/mol. The van der Waals surface area contributed by atoms with Gasteiger partial charge in [0.25, 0.3) is 17.5 Å². The van der Waals surface area contributed by atoms with E-state index in [2.05, 4.69) is 9.97 Å². The van der Waals surface area contributed by atoms with Gasteiger partial charge in [0.05, 0.1) is 27.1 Å². The number of aromatic nitrogens is 3. The molecular formula is C34H29N5O13. The highest BCUT2D eigenvalue weighted by atomic mass is 16.7. The molecule has 1 N–H and O–H groups in total. The number of nitrogens with one attached hydrogen (secondary N) is 1. The summed E-state index contributed by atoms with van der Waals surface area (Å²) in [6.07, 6.45) is -5.92. The smallest absolute Gasteiger partial charge is 0.303 e. The van der Waals surface area contributed by atoms with Crippen molar-refractivity contribution in [2.75, 3.05) is 13.7 Å². The number of nitro benzene ring substituents is 1. The minimum absolute atomic E-state index is 0.00574. The van der Waals surface area contributed by atoms with E-state index in [0.29, 0.717) is 10.9 Å². The standard InChI is InChI=1S/C34H29N5O13/c1-13(40)48-12-21-28(49-14(2)41)29(50-15(3)42)30(51-16(4)43)34(52-21)38-27-23(18-7-6-10-35-31(18)38)25-24(32(44)37(5)33(25)45)22-19-11-17(39(46)47)8-9-20(19)36-26(22)27/h6-11,21,28-30,34,36H,12H2,1-5H3/t21-,28-,29+,30-,34-/m1/s1. The van der Waals surface area contributed by atoms with Crippen LogP contribution >= 0.6 is 0 Å². The number of non-ortho nitro benzene ring substituents is 1. The Labute approximate surface area is 291 Å². The Balaban J connectivity index is 1.63. The normalized spacial score (nSPS) is 21.5. The Hall–Kier alpha value is -6.43. The Kier molecular flexibility index (Phi) is 8.12. The number of carbonyl (C=O) groups is 6. The van der Waals surface area contributed by atoms with Gasteiger partial charge in [-0.25, -0.2) is 4.98 Å². The van der Waals surface area contributed by atoms with Crippen molar-refractivity contribution in [3.8, 4) is 0 Å². The van der Waals surface area contributed by atoms with Crippen molar-refractivity contribution in [2.24, 2.45) is 0 Å². The van der Waals surface area contributed by atoms with E-state index in [-0.39, 0.29) is 49.7 Å². The fourth-order valence-corrected chi connectivity index (χ4v) is 7.13. The lowest BCUT2D eigenvalue weighted by atomic mass is 9.96. The molecule has 2 aromatic carbocycles. The van der Waals surface area contributed by atoms with Crippen LogP contribution in [0.4, 0.5) is 5.69 Å². The van der Waals surface area contributed by atoms with Gasteiger partial charge in [-0.15, -0.1) is 0 Å². The van der Waals surface area contributed by atoms with Crippen LogP contribution in [0.5, 0.6) is 0 Å². The highest BCUT2D eigenvalue weighted by molar-refractivity contribution is 6.39.